The number of para-hydroxylation sites is 4. The molecule has 0 fully saturated rings. The molecule has 0 N–H and O–H groups in total. The van der Waals surface area contributed by atoms with Gasteiger partial charge in [-0.3, -0.25) is 0 Å². The molecule has 3 heteroatoms. The molecule has 1 spiro atoms. The lowest BCUT2D eigenvalue weighted by molar-refractivity contribution is 0.690. The number of benzene rings is 7. The van der Waals surface area contributed by atoms with Gasteiger partial charge >= 0.3 is 0 Å². The molecule has 1 atom stereocenters. The zero-order chi connectivity index (χ0) is 36.0. The number of allylic oxidation sites excluding steroid dienone is 1. The second-order valence-corrected chi connectivity index (χ2v) is 15.4. The average Bonchev–Trinajstić information content (AvgIpc) is 3.76. The Bertz CT molecular complexity index is 3000. The molecule has 1 unspecified atom stereocenters. The van der Waals surface area contributed by atoms with Crippen molar-refractivity contribution in [3.05, 3.63) is 197 Å². The molecule has 1 aliphatic carbocycles. The van der Waals surface area contributed by atoms with Crippen molar-refractivity contribution < 1.29 is 0 Å². The molecule has 0 bridgehead atoms. The standard InChI is InChI=1S/C49H32N2S.C2H6/c1-2-14-32(15-3-1)50-42-24-8-4-16-34(42)36-29-28-31(30-45(36)50)33-18-12-23-41-48(33)52-46-27-11-7-21-39(46)49(41)38-20-6-10-26-44(38)51-43-25-9-5-17-35(43)37-19-13-22-40(49)47(37)51;1-2/h1-7,9-23,25-30H,8,24H2;1-2H3. The fraction of sp³-hybridized carbons (Fsp3) is 0.0980. The van der Waals surface area contributed by atoms with Crippen LogP contribution in [0.2, 0.25) is 0 Å². The van der Waals surface area contributed by atoms with Crippen LogP contribution in [-0.4, -0.2) is 9.13 Å². The summed E-state index contributed by atoms with van der Waals surface area (Å²) in [6, 6.07) is 59.3. The molecule has 258 valence electrons. The molecule has 54 heavy (non-hydrogen) atoms. The van der Waals surface area contributed by atoms with E-state index in [-0.39, 0.29) is 0 Å². The second kappa shape index (κ2) is 12.0. The van der Waals surface area contributed by atoms with Gasteiger partial charge in [0.1, 0.15) is 0 Å². The van der Waals surface area contributed by atoms with Crippen LogP contribution in [0.3, 0.4) is 0 Å². The van der Waals surface area contributed by atoms with E-state index in [0.717, 1.165) is 12.8 Å². The van der Waals surface area contributed by atoms with Gasteiger partial charge in [0, 0.05) is 42.9 Å². The third kappa shape index (κ3) is 4.08. The first kappa shape index (κ1) is 31.5. The van der Waals surface area contributed by atoms with Crippen LogP contribution >= 0.6 is 11.8 Å². The lowest BCUT2D eigenvalue weighted by Gasteiger charge is -2.45. The molecule has 12 rings (SSSR count). The minimum atomic E-state index is -0.494. The minimum Gasteiger partial charge on any atom is -0.313 e. The minimum absolute atomic E-state index is 0.494. The van der Waals surface area contributed by atoms with Crippen molar-refractivity contribution in [3.8, 4) is 22.5 Å². The van der Waals surface area contributed by atoms with Crippen LogP contribution in [0.15, 0.2) is 174 Å². The highest BCUT2D eigenvalue weighted by Gasteiger charge is 2.49. The van der Waals surface area contributed by atoms with Gasteiger partial charge in [0.05, 0.1) is 27.7 Å². The van der Waals surface area contributed by atoms with Crippen LogP contribution in [0.25, 0.3) is 61.3 Å². The fourth-order valence-corrected chi connectivity index (χ4v) is 11.2. The maximum atomic E-state index is 2.52. The largest absolute Gasteiger partial charge is 0.313 e. The van der Waals surface area contributed by atoms with Crippen LogP contribution < -0.4 is 0 Å². The van der Waals surface area contributed by atoms with E-state index in [1.54, 1.807) is 0 Å². The Morgan fingerprint density at radius 1 is 0.556 bits per heavy atom. The van der Waals surface area contributed by atoms with E-state index < -0.39 is 5.41 Å². The van der Waals surface area contributed by atoms with Gasteiger partial charge < -0.3 is 9.13 Å². The molecule has 7 aromatic carbocycles. The van der Waals surface area contributed by atoms with E-state index in [2.05, 4.69) is 179 Å². The Hall–Kier alpha value is -6.03. The van der Waals surface area contributed by atoms with Gasteiger partial charge in [0.2, 0.25) is 0 Å². The zero-order valence-electron chi connectivity index (χ0n) is 30.4. The average molecular weight is 711 g/mol. The number of hydrogen-bond acceptors (Lipinski definition) is 1. The summed E-state index contributed by atoms with van der Waals surface area (Å²) >= 11 is 1.93. The Labute approximate surface area is 320 Å². The maximum absolute atomic E-state index is 2.52. The fourth-order valence-electron chi connectivity index (χ4n) is 9.83. The molecule has 2 aromatic heterocycles. The molecule has 0 saturated heterocycles. The van der Waals surface area contributed by atoms with E-state index in [9.17, 15) is 0 Å². The van der Waals surface area contributed by atoms with Gasteiger partial charge in [0.15, 0.2) is 0 Å². The van der Waals surface area contributed by atoms with E-state index in [1.807, 2.05) is 25.6 Å². The second-order valence-electron chi connectivity index (χ2n) is 14.3. The van der Waals surface area contributed by atoms with Crippen molar-refractivity contribution in [2.45, 2.75) is 41.9 Å². The van der Waals surface area contributed by atoms with E-state index in [0.29, 0.717) is 0 Å². The van der Waals surface area contributed by atoms with Crippen LogP contribution in [0.1, 0.15) is 53.8 Å². The first-order valence-corrected chi connectivity index (χ1v) is 20.1. The van der Waals surface area contributed by atoms with Gasteiger partial charge in [-0.05, 0) is 82.6 Å². The third-order valence-electron chi connectivity index (χ3n) is 11.8. The maximum Gasteiger partial charge on any atom is 0.0764 e. The normalized spacial score (nSPS) is 16.1. The smallest absolute Gasteiger partial charge is 0.0764 e. The summed E-state index contributed by atoms with van der Waals surface area (Å²) in [5, 5.41) is 3.92. The molecule has 0 saturated carbocycles. The Morgan fingerprint density at radius 2 is 1.28 bits per heavy atom. The highest BCUT2D eigenvalue weighted by molar-refractivity contribution is 7.99. The third-order valence-corrected chi connectivity index (χ3v) is 13.1. The summed E-state index contributed by atoms with van der Waals surface area (Å²) in [5.41, 5.74) is 16.5. The Morgan fingerprint density at radius 3 is 2.19 bits per heavy atom. The highest BCUT2D eigenvalue weighted by Crippen LogP contribution is 2.61. The van der Waals surface area contributed by atoms with Crippen molar-refractivity contribution in [1.29, 1.82) is 0 Å². The van der Waals surface area contributed by atoms with Crippen LogP contribution in [0.4, 0.5) is 0 Å². The topological polar surface area (TPSA) is 9.86 Å². The predicted octanol–water partition coefficient (Wildman–Crippen LogP) is 13.5. The Kier molecular flexibility index (Phi) is 6.99. The SMILES string of the molecule is C1=Cc2c(n(-c3ccccc3)c3cc(-c4cccc5c4Sc4ccccc4C54c5ccccc5-n5c6ccccc6c6cccc4c65)ccc23)CC1.CC. The van der Waals surface area contributed by atoms with E-state index >= 15 is 0 Å². The molecule has 0 amide bonds. The summed E-state index contributed by atoms with van der Waals surface area (Å²) < 4.78 is 5.03. The van der Waals surface area contributed by atoms with Crippen molar-refractivity contribution in [2.24, 2.45) is 0 Å². The van der Waals surface area contributed by atoms with E-state index in [4.69, 9.17) is 0 Å². The van der Waals surface area contributed by atoms with Crippen molar-refractivity contribution in [2.75, 3.05) is 0 Å². The lowest BCUT2D eigenvalue weighted by Crippen LogP contribution is -2.37. The number of aromatic nitrogens is 2. The van der Waals surface area contributed by atoms with Crippen molar-refractivity contribution in [1.82, 2.24) is 9.13 Å². The lowest BCUT2D eigenvalue weighted by atomic mass is 9.62. The van der Waals surface area contributed by atoms with Gasteiger partial charge in [0.25, 0.3) is 0 Å². The summed E-state index contributed by atoms with van der Waals surface area (Å²) in [5.74, 6) is 0. The molecular formula is C51H38N2S. The van der Waals surface area contributed by atoms with Gasteiger partial charge in [-0.2, -0.15) is 0 Å². The first-order chi connectivity index (χ1) is 26.8. The highest BCUT2D eigenvalue weighted by atomic mass is 32.2. The number of fused-ring (bicyclic) bond motifs is 14. The van der Waals surface area contributed by atoms with Crippen molar-refractivity contribution >= 4 is 50.5 Å². The number of hydrogen-bond donors (Lipinski definition) is 0. The van der Waals surface area contributed by atoms with E-state index in [1.165, 1.54) is 98.5 Å². The van der Waals surface area contributed by atoms with Gasteiger partial charge in [-0.25, -0.2) is 0 Å². The van der Waals surface area contributed by atoms with Crippen LogP contribution in [-0.2, 0) is 11.8 Å². The molecule has 2 nitrogen and oxygen atoms in total. The van der Waals surface area contributed by atoms with Gasteiger partial charge in [-0.1, -0.05) is 159 Å². The van der Waals surface area contributed by atoms with Crippen LogP contribution in [0.5, 0.6) is 0 Å². The summed E-state index contributed by atoms with van der Waals surface area (Å²) in [6.07, 6.45) is 6.78. The number of rotatable bonds is 2. The molecule has 0 radical (unpaired) electrons. The van der Waals surface area contributed by atoms with Crippen molar-refractivity contribution in [3.63, 3.8) is 0 Å². The first-order valence-electron chi connectivity index (χ1n) is 19.3. The molecule has 4 heterocycles. The van der Waals surface area contributed by atoms with Crippen LogP contribution in [0, 0.1) is 0 Å². The molecule has 9 aromatic rings. The summed E-state index contributed by atoms with van der Waals surface area (Å²) in [6.45, 7) is 4.00. The summed E-state index contributed by atoms with van der Waals surface area (Å²) in [4.78, 5) is 2.65. The number of nitrogens with zero attached hydrogens (tertiary/aromatic N) is 2. The predicted molar refractivity (Wildman–Crippen MR) is 228 cm³/mol. The zero-order valence-corrected chi connectivity index (χ0v) is 31.2. The molecule has 2 aliphatic heterocycles. The monoisotopic (exact) mass is 710 g/mol. The molecular weight excluding hydrogens is 673 g/mol. The Balaban J connectivity index is 0.00000168. The summed E-state index contributed by atoms with van der Waals surface area (Å²) in [7, 11) is 0. The van der Waals surface area contributed by atoms with Gasteiger partial charge in [-0.15, -0.1) is 0 Å². The quantitative estimate of drug-likeness (QED) is 0.174. The molecule has 3 aliphatic rings.